The van der Waals surface area contributed by atoms with Gasteiger partial charge in [0.25, 0.3) is 5.91 Å². The number of furan rings is 1. The van der Waals surface area contributed by atoms with Gasteiger partial charge in [0.2, 0.25) is 10.9 Å². The second-order valence-electron chi connectivity index (χ2n) is 9.68. The number of amides is 1. The smallest absolute Gasteiger partial charge is 0.455 e. The van der Waals surface area contributed by atoms with E-state index >= 15 is 0 Å². The highest BCUT2D eigenvalue weighted by molar-refractivity contribution is 7.74. The predicted molar refractivity (Wildman–Crippen MR) is 142 cm³/mol. The Hall–Kier alpha value is -3.74. The lowest BCUT2D eigenvalue weighted by molar-refractivity contribution is 0.0964. The number of hydrogen-bond donors (Lipinski definition) is 3. The molecule has 1 aliphatic heterocycles. The molecule has 6 rings (SSSR count). The van der Waals surface area contributed by atoms with Gasteiger partial charge in [0.1, 0.15) is 23.0 Å². The number of rotatable bonds is 7. The van der Waals surface area contributed by atoms with Crippen molar-refractivity contribution in [3.05, 3.63) is 82.4 Å². The summed E-state index contributed by atoms with van der Waals surface area (Å²) in [6.07, 6.45) is 1.70. The van der Waals surface area contributed by atoms with E-state index in [2.05, 4.69) is 5.32 Å². The molecule has 8 nitrogen and oxygen atoms in total. The van der Waals surface area contributed by atoms with Gasteiger partial charge < -0.3 is 19.4 Å². The molecule has 2 aliphatic rings. The van der Waals surface area contributed by atoms with Gasteiger partial charge in [-0.2, -0.15) is 0 Å². The molecule has 3 aromatic carbocycles. The quantitative estimate of drug-likeness (QED) is 0.240. The minimum Gasteiger partial charge on any atom is -0.455 e. The van der Waals surface area contributed by atoms with Crippen LogP contribution in [-0.2, 0) is 28.7 Å². The van der Waals surface area contributed by atoms with E-state index < -0.39 is 35.6 Å². The normalized spacial score (nSPS) is 14.7. The molecule has 0 atom stereocenters. The number of fused-ring (bicyclic) bond motifs is 2. The molecule has 2 heterocycles. The Bertz CT molecular complexity index is 1690. The summed E-state index contributed by atoms with van der Waals surface area (Å²) >= 11 is 0. The highest BCUT2D eigenvalue weighted by atomic mass is 32.2. The molecule has 1 aromatic heterocycles. The van der Waals surface area contributed by atoms with Crippen LogP contribution in [-0.4, -0.2) is 33.5 Å². The van der Waals surface area contributed by atoms with Crippen molar-refractivity contribution in [1.82, 2.24) is 5.32 Å². The summed E-state index contributed by atoms with van der Waals surface area (Å²) in [5, 5.41) is 13.0. The van der Waals surface area contributed by atoms with Crippen molar-refractivity contribution in [3.8, 4) is 11.3 Å². The lowest BCUT2D eigenvalue weighted by Crippen LogP contribution is -2.31. The molecule has 0 unspecified atom stereocenters. The molecule has 0 spiro atoms. The van der Waals surface area contributed by atoms with Crippen molar-refractivity contribution in [2.75, 3.05) is 11.4 Å². The third-order valence-corrected chi connectivity index (χ3v) is 7.89. The van der Waals surface area contributed by atoms with E-state index in [9.17, 15) is 27.0 Å². The summed E-state index contributed by atoms with van der Waals surface area (Å²) in [6, 6.07) is 11.7. The fraction of sp³-hybridized carbons (Fsp3) is 0.222. The number of thiol groups is 1. The molecule has 1 fully saturated rings. The van der Waals surface area contributed by atoms with Crippen molar-refractivity contribution in [2.24, 2.45) is 0 Å². The molecule has 4 aromatic rings. The fourth-order valence-corrected chi connectivity index (χ4v) is 5.76. The summed E-state index contributed by atoms with van der Waals surface area (Å²) in [4.78, 5) is 12.9. The van der Waals surface area contributed by atoms with Crippen LogP contribution in [0.4, 0.5) is 14.5 Å². The average molecular weight is 552 g/mol. The van der Waals surface area contributed by atoms with Crippen LogP contribution in [0, 0.1) is 11.6 Å². The summed E-state index contributed by atoms with van der Waals surface area (Å²) in [7, 11) is -3.01. The van der Waals surface area contributed by atoms with Crippen LogP contribution in [0.15, 0.2) is 52.9 Å². The zero-order chi connectivity index (χ0) is 27.4. The van der Waals surface area contributed by atoms with E-state index in [1.54, 1.807) is 18.2 Å². The number of nitrogens with one attached hydrogen (secondary N) is 1. The zero-order valence-electron chi connectivity index (χ0n) is 20.7. The number of halogens is 2. The molecule has 2 N–H and O–H groups in total. The minimum absolute atomic E-state index is 0.0187. The maximum Gasteiger partial charge on any atom is 0.494 e. The van der Waals surface area contributed by atoms with Gasteiger partial charge in [0, 0.05) is 29.5 Å². The third kappa shape index (κ3) is 4.58. The van der Waals surface area contributed by atoms with Crippen LogP contribution in [0.3, 0.4) is 0 Å². The van der Waals surface area contributed by atoms with Gasteiger partial charge in [-0.15, -0.1) is 0 Å². The van der Waals surface area contributed by atoms with E-state index in [0.29, 0.717) is 27.8 Å². The van der Waals surface area contributed by atoms with Gasteiger partial charge >= 0.3 is 7.12 Å². The number of benzene rings is 3. The number of carbonyl (C=O) groups excluding carboxylic acids is 1. The average Bonchev–Trinajstić information content (AvgIpc) is 3.59. The van der Waals surface area contributed by atoms with E-state index in [1.807, 2.05) is 0 Å². The van der Waals surface area contributed by atoms with Crippen molar-refractivity contribution in [1.29, 1.82) is 0 Å². The van der Waals surface area contributed by atoms with Gasteiger partial charge in [-0.05, 0) is 71.8 Å². The highest BCUT2D eigenvalue weighted by Crippen LogP contribution is 2.48. The maximum atomic E-state index is 14.7. The highest BCUT2D eigenvalue weighted by Gasteiger charge is 2.34. The first kappa shape index (κ1) is 25.5. The number of anilines is 1. The summed E-state index contributed by atoms with van der Waals surface area (Å²) in [5.74, 6) is -1.18. The SMILES string of the molecule is CNC(=O)c1c(-c2ccc(F)cc2)oc2cc(N(Cc3cc(F)c4c(c3)COB4O)[SH](=O)=O)c(C3CC3)cc12. The first-order valence-electron chi connectivity index (χ1n) is 12.4. The van der Waals surface area contributed by atoms with Gasteiger partial charge in [0.15, 0.2) is 0 Å². The Morgan fingerprint density at radius 2 is 1.90 bits per heavy atom. The predicted octanol–water partition coefficient (Wildman–Crippen LogP) is 3.37. The standard InChI is InChI=1S/C27H23BF2N2O6S/c1-31-27(33)24-20-10-19(15-2-3-15)22(11-23(20)38-26(24)16-4-6-18(29)7-5-16)32(39(35)36)12-14-8-17-13-37-28(34)25(17)21(30)9-14/h4-11,15,34,39H,2-3,12-13H2,1H3,(H,31,33). The molecule has 1 aliphatic carbocycles. The van der Waals surface area contributed by atoms with Gasteiger partial charge in [-0.3, -0.25) is 9.10 Å². The van der Waals surface area contributed by atoms with Crippen molar-refractivity contribution in [2.45, 2.75) is 31.9 Å². The molecule has 200 valence electrons. The second kappa shape index (κ2) is 9.78. The molecular weight excluding hydrogens is 529 g/mol. The van der Waals surface area contributed by atoms with E-state index in [4.69, 9.17) is 9.07 Å². The largest absolute Gasteiger partial charge is 0.494 e. The minimum atomic E-state index is -3.15. The van der Waals surface area contributed by atoms with Crippen LogP contribution in [0.2, 0.25) is 0 Å². The Balaban J connectivity index is 1.49. The van der Waals surface area contributed by atoms with E-state index in [-0.39, 0.29) is 41.4 Å². The van der Waals surface area contributed by atoms with Crippen LogP contribution in [0.25, 0.3) is 22.3 Å². The zero-order valence-corrected chi connectivity index (χ0v) is 21.6. The van der Waals surface area contributed by atoms with Crippen LogP contribution in [0.1, 0.15) is 45.8 Å². The number of hydrogen-bond acceptors (Lipinski definition) is 6. The first-order valence-corrected chi connectivity index (χ1v) is 13.5. The van der Waals surface area contributed by atoms with Gasteiger partial charge in [-0.1, -0.05) is 6.07 Å². The molecule has 1 amide bonds. The van der Waals surface area contributed by atoms with E-state index in [1.165, 1.54) is 37.4 Å². The van der Waals surface area contributed by atoms with Crippen molar-refractivity contribution in [3.63, 3.8) is 0 Å². The first-order chi connectivity index (χ1) is 18.7. The molecule has 1 saturated carbocycles. The molecule has 12 heteroatoms. The van der Waals surface area contributed by atoms with Crippen LogP contribution < -0.4 is 15.1 Å². The monoisotopic (exact) mass is 552 g/mol. The molecule has 0 saturated heterocycles. The lowest BCUT2D eigenvalue weighted by atomic mass is 9.78. The summed E-state index contributed by atoms with van der Waals surface area (Å²) in [5.41, 5.74) is 3.06. The third-order valence-electron chi connectivity index (χ3n) is 7.14. The second-order valence-corrected chi connectivity index (χ2v) is 10.6. The topological polar surface area (TPSA) is 109 Å². The maximum absolute atomic E-state index is 14.7. The van der Waals surface area contributed by atoms with Crippen molar-refractivity contribution < 1.29 is 36.1 Å². The summed E-state index contributed by atoms with van der Waals surface area (Å²) < 4.78 is 65.8. The molecule has 39 heavy (non-hydrogen) atoms. The van der Waals surface area contributed by atoms with Gasteiger partial charge in [-0.25, -0.2) is 17.2 Å². The Kier molecular flexibility index (Phi) is 6.40. The van der Waals surface area contributed by atoms with Crippen LogP contribution in [0.5, 0.6) is 0 Å². The Labute approximate surface area is 224 Å². The number of carbonyl (C=O) groups is 1. The Morgan fingerprint density at radius 3 is 2.56 bits per heavy atom. The number of nitrogens with zero attached hydrogens (tertiary/aromatic N) is 1. The summed E-state index contributed by atoms with van der Waals surface area (Å²) in [6.45, 7) is -0.136. The van der Waals surface area contributed by atoms with Crippen LogP contribution >= 0.6 is 0 Å². The van der Waals surface area contributed by atoms with E-state index in [0.717, 1.165) is 22.7 Å². The molecule has 0 bridgehead atoms. The Morgan fingerprint density at radius 1 is 1.15 bits per heavy atom. The molecular formula is C27H23BF2N2O6S. The van der Waals surface area contributed by atoms with Gasteiger partial charge in [0.05, 0.1) is 24.4 Å². The van der Waals surface area contributed by atoms with Crippen molar-refractivity contribution >= 4 is 46.0 Å². The molecule has 0 radical (unpaired) electrons. The lowest BCUT2D eigenvalue weighted by Gasteiger charge is -2.22. The fourth-order valence-electron chi connectivity index (χ4n) is 5.13.